The normalized spacial score (nSPS) is 13.5. The number of aromatic nitrogens is 1. The SMILES string of the molecule is [2H]C([2H])([2H])c1ccccc1-c1cc(-c2ccc3oc4ccc(C(C)C)cc4c3c2)ncc1Cl. The molecule has 0 radical (unpaired) electrons. The Morgan fingerprint density at radius 3 is 2.47 bits per heavy atom. The Kier molecular flexibility index (Phi) is 3.82. The first-order chi connectivity index (χ1) is 15.7. The monoisotopic (exact) mass is 414 g/mol. The van der Waals surface area contributed by atoms with Gasteiger partial charge in [-0.1, -0.05) is 55.8 Å². The fraction of sp³-hybridized carbons (Fsp3) is 0.148. The van der Waals surface area contributed by atoms with Crippen LogP contribution in [0.1, 0.15) is 35.0 Å². The highest BCUT2D eigenvalue weighted by Gasteiger charge is 2.13. The molecule has 0 aliphatic heterocycles. The molecule has 5 rings (SSSR count). The highest BCUT2D eigenvalue weighted by Crippen LogP contribution is 2.36. The van der Waals surface area contributed by atoms with Crippen molar-refractivity contribution in [2.45, 2.75) is 26.6 Å². The summed E-state index contributed by atoms with van der Waals surface area (Å²) in [5.74, 6) is 0.418. The molecule has 0 amide bonds. The number of fused-ring (bicyclic) bond motifs is 3. The van der Waals surface area contributed by atoms with Crippen molar-refractivity contribution in [3.8, 4) is 22.4 Å². The maximum atomic E-state index is 7.91. The van der Waals surface area contributed by atoms with E-state index in [1.807, 2.05) is 30.3 Å². The summed E-state index contributed by atoms with van der Waals surface area (Å²) in [6.45, 7) is 2.10. The van der Waals surface area contributed by atoms with Crippen LogP contribution in [0.25, 0.3) is 44.3 Å². The number of aryl methyl sites for hydroxylation is 1. The van der Waals surface area contributed by atoms with Crippen molar-refractivity contribution < 1.29 is 8.53 Å². The Hall–Kier alpha value is -3.10. The number of hydrogen-bond acceptors (Lipinski definition) is 2. The van der Waals surface area contributed by atoms with Gasteiger partial charge in [0, 0.05) is 32.2 Å². The van der Waals surface area contributed by atoms with Gasteiger partial charge >= 0.3 is 0 Å². The minimum atomic E-state index is -2.24. The lowest BCUT2D eigenvalue weighted by molar-refractivity contribution is 0.668. The molecule has 30 heavy (non-hydrogen) atoms. The van der Waals surface area contributed by atoms with Gasteiger partial charge in [0.15, 0.2) is 0 Å². The van der Waals surface area contributed by atoms with Gasteiger partial charge in [0.25, 0.3) is 0 Å². The number of hydrogen-bond donors (Lipinski definition) is 0. The summed E-state index contributed by atoms with van der Waals surface area (Å²) < 4.78 is 29.8. The summed E-state index contributed by atoms with van der Waals surface area (Å²) in [5, 5.41) is 2.50. The molecule has 0 atom stereocenters. The molecule has 0 N–H and O–H groups in total. The molecule has 5 aromatic rings. The van der Waals surface area contributed by atoms with E-state index in [9.17, 15) is 0 Å². The van der Waals surface area contributed by atoms with Crippen LogP contribution in [0, 0.1) is 6.85 Å². The van der Waals surface area contributed by atoms with Crippen LogP contribution in [0.2, 0.25) is 5.02 Å². The highest BCUT2D eigenvalue weighted by molar-refractivity contribution is 6.33. The molecular formula is C27H22ClNO. The van der Waals surface area contributed by atoms with Crippen molar-refractivity contribution in [1.82, 2.24) is 4.98 Å². The maximum Gasteiger partial charge on any atom is 0.135 e. The first-order valence-electron chi connectivity index (χ1n) is 11.4. The van der Waals surface area contributed by atoms with E-state index >= 15 is 0 Å². The second kappa shape index (κ2) is 7.30. The largest absolute Gasteiger partial charge is 0.456 e. The molecule has 0 bridgehead atoms. The summed E-state index contributed by atoms with van der Waals surface area (Å²) >= 11 is 6.48. The molecule has 0 aliphatic carbocycles. The van der Waals surface area contributed by atoms with Gasteiger partial charge in [-0.3, -0.25) is 4.98 Å². The van der Waals surface area contributed by atoms with E-state index in [1.54, 1.807) is 24.4 Å². The number of halogens is 1. The number of benzene rings is 3. The van der Waals surface area contributed by atoms with Gasteiger partial charge in [-0.05, 0) is 65.9 Å². The smallest absolute Gasteiger partial charge is 0.135 e. The van der Waals surface area contributed by atoms with E-state index in [1.165, 1.54) is 5.56 Å². The summed E-state index contributed by atoms with van der Waals surface area (Å²) in [4.78, 5) is 4.54. The van der Waals surface area contributed by atoms with Crippen molar-refractivity contribution in [3.63, 3.8) is 0 Å². The molecular weight excluding hydrogens is 390 g/mol. The Bertz CT molecular complexity index is 1500. The van der Waals surface area contributed by atoms with E-state index in [0.29, 0.717) is 27.8 Å². The zero-order valence-electron chi connectivity index (χ0n) is 19.7. The third kappa shape index (κ3) is 3.18. The number of pyridine rings is 1. The van der Waals surface area contributed by atoms with Crippen LogP contribution >= 0.6 is 11.6 Å². The molecule has 2 aromatic heterocycles. The molecule has 0 saturated carbocycles. The molecule has 2 heterocycles. The molecule has 148 valence electrons. The first-order valence-corrected chi connectivity index (χ1v) is 10.3. The second-order valence-electron chi connectivity index (χ2n) is 7.82. The van der Waals surface area contributed by atoms with Gasteiger partial charge in [-0.15, -0.1) is 0 Å². The minimum absolute atomic E-state index is 0.265. The summed E-state index contributed by atoms with van der Waals surface area (Å²) in [7, 11) is 0. The number of furan rings is 1. The predicted molar refractivity (Wildman–Crippen MR) is 126 cm³/mol. The van der Waals surface area contributed by atoms with Crippen LogP contribution in [0.4, 0.5) is 0 Å². The third-order valence-electron chi connectivity index (χ3n) is 5.53. The number of rotatable bonds is 3. The molecule has 0 fully saturated rings. The van der Waals surface area contributed by atoms with Crippen molar-refractivity contribution in [2.24, 2.45) is 0 Å². The van der Waals surface area contributed by atoms with Crippen molar-refractivity contribution >= 4 is 33.5 Å². The van der Waals surface area contributed by atoms with Gasteiger partial charge in [-0.2, -0.15) is 0 Å². The molecule has 0 unspecified atom stereocenters. The van der Waals surface area contributed by atoms with Crippen molar-refractivity contribution in [3.05, 3.63) is 89.1 Å². The van der Waals surface area contributed by atoms with Crippen LogP contribution < -0.4 is 0 Å². The van der Waals surface area contributed by atoms with Crippen molar-refractivity contribution in [1.29, 1.82) is 0 Å². The van der Waals surface area contributed by atoms with E-state index in [0.717, 1.165) is 27.5 Å². The maximum absolute atomic E-state index is 7.91. The fourth-order valence-corrected chi connectivity index (χ4v) is 4.04. The molecule has 2 nitrogen and oxygen atoms in total. The lowest BCUT2D eigenvalue weighted by Gasteiger charge is -2.10. The summed E-state index contributed by atoms with van der Waals surface area (Å²) in [5.41, 5.74) is 6.04. The minimum Gasteiger partial charge on any atom is -0.456 e. The summed E-state index contributed by atoms with van der Waals surface area (Å²) in [6.07, 6.45) is 1.58. The fourth-order valence-electron chi connectivity index (χ4n) is 3.83. The van der Waals surface area contributed by atoms with E-state index < -0.39 is 6.85 Å². The zero-order chi connectivity index (χ0) is 23.3. The van der Waals surface area contributed by atoms with Gasteiger partial charge in [0.1, 0.15) is 11.2 Å². The average Bonchev–Trinajstić information content (AvgIpc) is 3.16. The molecule has 0 saturated heterocycles. The Labute approximate surface area is 185 Å². The van der Waals surface area contributed by atoms with Crippen LogP contribution in [0.5, 0.6) is 0 Å². The average molecular weight is 415 g/mol. The van der Waals surface area contributed by atoms with E-state index in [4.69, 9.17) is 20.1 Å². The Morgan fingerprint density at radius 2 is 1.67 bits per heavy atom. The topological polar surface area (TPSA) is 26.0 Å². The van der Waals surface area contributed by atoms with E-state index in [2.05, 4.69) is 37.0 Å². The lowest BCUT2D eigenvalue weighted by atomic mass is 9.98. The van der Waals surface area contributed by atoms with Crippen molar-refractivity contribution in [2.75, 3.05) is 0 Å². The van der Waals surface area contributed by atoms with Crippen LogP contribution in [0.3, 0.4) is 0 Å². The van der Waals surface area contributed by atoms with Crippen LogP contribution in [-0.2, 0) is 0 Å². The Morgan fingerprint density at radius 1 is 0.900 bits per heavy atom. The van der Waals surface area contributed by atoms with Gasteiger partial charge in [-0.25, -0.2) is 0 Å². The van der Waals surface area contributed by atoms with Gasteiger partial charge < -0.3 is 4.42 Å². The summed E-state index contributed by atoms with van der Waals surface area (Å²) in [6, 6.07) is 21.1. The van der Waals surface area contributed by atoms with Crippen LogP contribution in [-0.4, -0.2) is 4.98 Å². The molecule has 0 spiro atoms. The second-order valence-corrected chi connectivity index (χ2v) is 8.23. The molecule has 3 heteroatoms. The van der Waals surface area contributed by atoms with E-state index in [-0.39, 0.29) is 5.56 Å². The number of nitrogens with zero attached hydrogens (tertiary/aromatic N) is 1. The quantitative estimate of drug-likeness (QED) is 0.296. The lowest BCUT2D eigenvalue weighted by Crippen LogP contribution is -1.89. The van der Waals surface area contributed by atoms with Crippen LogP contribution in [0.15, 0.2) is 77.3 Å². The van der Waals surface area contributed by atoms with Gasteiger partial charge in [0.05, 0.1) is 10.7 Å². The first kappa shape index (κ1) is 15.7. The third-order valence-corrected chi connectivity index (χ3v) is 5.83. The molecule has 3 aromatic carbocycles. The predicted octanol–water partition coefficient (Wildman–Crippen LogP) is 8.40. The standard InChI is InChI=1S/C27H22ClNO/c1-16(2)18-8-10-26-22(12-18)23-13-19(9-11-27(23)30-26)25-14-21(24(28)15-29-25)20-7-5-4-6-17(20)3/h4-16H,1-3H3/i3D3. The Balaban J connectivity index is 1.67. The molecule has 0 aliphatic rings. The highest BCUT2D eigenvalue weighted by atomic mass is 35.5. The van der Waals surface area contributed by atoms with Gasteiger partial charge in [0.2, 0.25) is 0 Å². The zero-order valence-corrected chi connectivity index (χ0v) is 17.5.